The second-order valence-corrected chi connectivity index (χ2v) is 5.38. The number of hydrogen-bond donors (Lipinski definition) is 0. The molecule has 0 saturated carbocycles. The summed E-state index contributed by atoms with van der Waals surface area (Å²) in [5, 5.41) is 0. The summed E-state index contributed by atoms with van der Waals surface area (Å²) >= 11 is 0. The molecule has 0 heteroatoms. The zero-order valence-corrected chi connectivity index (χ0v) is 12.4. The van der Waals surface area contributed by atoms with Crippen molar-refractivity contribution >= 4 is 0 Å². The molecule has 1 aromatic carbocycles. The van der Waals surface area contributed by atoms with Gasteiger partial charge in [-0.15, -0.1) is 0 Å². The molecule has 0 heterocycles. The van der Waals surface area contributed by atoms with Gasteiger partial charge in [0.05, 0.1) is 0 Å². The van der Waals surface area contributed by atoms with E-state index in [-0.39, 0.29) is 0 Å². The Morgan fingerprint density at radius 3 is 2.39 bits per heavy atom. The van der Waals surface area contributed by atoms with Crippen molar-refractivity contribution in [1.82, 2.24) is 0 Å². The highest BCUT2D eigenvalue weighted by Crippen LogP contribution is 2.34. The maximum atomic E-state index is 3.47. The van der Waals surface area contributed by atoms with Gasteiger partial charge in [-0.3, -0.25) is 0 Å². The summed E-state index contributed by atoms with van der Waals surface area (Å²) in [5.41, 5.74) is 1.44. The summed E-state index contributed by atoms with van der Waals surface area (Å²) in [4.78, 5) is 0. The van der Waals surface area contributed by atoms with Crippen LogP contribution >= 0.6 is 0 Å². The highest BCUT2D eigenvalue weighted by molar-refractivity contribution is 5.18. The van der Waals surface area contributed by atoms with Crippen molar-refractivity contribution in [3.05, 3.63) is 35.9 Å². The highest BCUT2D eigenvalue weighted by Gasteiger charge is 2.20. The fourth-order valence-corrected chi connectivity index (χ4v) is 2.96. The molecular weight excluding hydrogens is 216 g/mol. The molecule has 1 rings (SSSR count). The molecule has 0 N–H and O–H groups in total. The van der Waals surface area contributed by atoms with Crippen LogP contribution in [-0.2, 0) is 0 Å². The van der Waals surface area contributed by atoms with E-state index in [4.69, 9.17) is 0 Å². The Balaban J connectivity index is 2.73. The Hall–Kier alpha value is -0.780. The van der Waals surface area contributed by atoms with Gasteiger partial charge in [0.25, 0.3) is 0 Å². The largest absolute Gasteiger partial charge is 0.0654 e. The molecule has 2 unspecified atom stereocenters. The number of hydrogen-bond acceptors (Lipinski definition) is 0. The second-order valence-electron chi connectivity index (χ2n) is 5.38. The quantitative estimate of drug-likeness (QED) is 0.470. The SMILES string of the molecule is CCCCCC(c1[c]cccc1)C(CC)CCC. The number of rotatable bonds is 9. The minimum absolute atomic E-state index is 0.725. The van der Waals surface area contributed by atoms with Crippen molar-refractivity contribution in [2.45, 2.75) is 71.6 Å². The van der Waals surface area contributed by atoms with Gasteiger partial charge in [-0.2, -0.15) is 0 Å². The zero-order chi connectivity index (χ0) is 13.2. The van der Waals surface area contributed by atoms with Crippen LogP contribution in [0.15, 0.2) is 24.3 Å². The van der Waals surface area contributed by atoms with Crippen molar-refractivity contribution in [2.24, 2.45) is 5.92 Å². The van der Waals surface area contributed by atoms with Crippen LogP contribution in [0.3, 0.4) is 0 Å². The van der Waals surface area contributed by atoms with Gasteiger partial charge in [-0.25, -0.2) is 0 Å². The van der Waals surface area contributed by atoms with E-state index in [0.29, 0.717) is 0 Å². The maximum Gasteiger partial charge on any atom is -0.0128 e. The minimum atomic E-state index is 0.725. The molecule has 0 bridgehead atoms. The van der Waals surface area contributed by atoms with Crippen molar-refractivity contribution in [1.29, 1.82) is 0 Å². The third-order valence-electron chi connectivity index (χ3n) is 4.00. The first-order valence-corrected chi connectivity index (χ1v) is 7.80. The Morgan fingerprint density at radius 2 is 1.83 bits per heavy atom. The Morgan fingerprint density at radius 1 is 1.00 bits per heavy atom. The normalized spacial score (nSPS) is 14.4. The van der Waals surface area contributed by atoms with E-state index >= 15 is 0 Å². The molecule has 0 aliphatic carbocycles. The van der Waals surface area contributed by atoms with Crippen molar-refractivity contribution in [3.8, 4) is 0 Å². The molecule has 1 aromatic rings. The van der Waals surface area contributed by atoms with E-state index in [1.54, 1.807) is 0 Å². The fraction of sp³-hybridized carbons (Fsp3) is 0.667. The average molecular weight is 245 g/mol. The van der Waals surface area contributed by atoms with E-state index < -0.39 is 0 Å². The molecule has 2 atom stereocenters. The highest BCUT2D eigenvalue weighted by atomic mass is 14.2. The van der Waals surface area contributed by atoms with Gasteiger partial charge >= 0.3 is 0 Å². The maximum absolute atomic E-state index is 3.47. The lowest BCUT2D eigenvalue weighted by molar-refractivity contribution is 0.353. The topological polar surface area (TPSA) is 0 Å². The lowest BCUT2D eigenvalue weighted by Gasteiger charge is -2.26. The van der Waals surface area contributed by atoms with Gasteiger partial charge < -0.3 is 0 Å². The van der Waals surface area contributed by atoms with Gasteiger partial charge in [0, 0.05) is 0 Å². The number of unbranched alkanes of at least 4 members (excludes halogenated alkanes) is 2. The summed E-state index contributed by atoms with van der Waals surface area (Å²) in [6.45, 7) is 6.93. The smallest absolute Gasteiger partial charge is 0.0128 e. The summed E-state index contributed by atoms with van der Waals surface area (Å²) in [7, 11) is 0. The second kappa shape index (κ2) is 9.19. The zero-order valence-electron chi connectivity index (χ0n) is 12.4. The van der Waals surface area contributed by atoms with Crippen LogP contribution in [0, 0.1) is 12.0 Å². The summed E-state index contributed by atoms with van der Waals surface area (Å²) in [6, 6.07) is 12.1. The lowest BCUT2D eigenvalue weighted by Crippen LogP contribution is -2.12. The first-order chi connectivity index (χ1) is 8.83. The van der Waals surface area contributed by atoms with Crippen LogP contribution in [-0.4, -0.2) is 0 Å². The van der Waals surface area contributed by atoms with Gasteiger partial charge in [-0.05, 0) is 29.9 Å². The molecular formula is C18H29. The molecule has 0 fully saturated rings. The van der Waals surface area contributed by atoms with Crippen molar-refractivity contribution in [3.63, 3.8) is 0 Å². The molecule has 0 aliphatic rings. The van der Waals surface area contributed by atoms with Crippen LogP contribution in [0.4, 0.5) is 0 Å². The average Bonchev–Trinajstić information content (AvgIpc) is 2.43. The van der Waals surface area contributed by atoms with E-state index in [9.17, 15) is 0 Å². The standard InChI is InChI=1S/C18H29/c1-4-7-9-15-18(16(6-3)12-5-2)17-13-10-8-11-14-17/h8,10-11,13,16,18H,4-7,9,12,15H2,1-3H3. The monoisotopic (exact) mass is 245 g/mol. The van der Waals surface area contributed by atoms with Gasteiger partial charge in [-0.1, -0.05) is 83.6 Å². The van der Waals surface area contributed by atoms with E-state index in [1.165, 1.54) is 50.5 Å². The Labute approximate surface area is 114 Å². The van der Waals surface area contributed by atoms with Crippen LogP contribution in [0.2, 0.25) is 0 Å². The number of benzene rings is 1. The van der Waals surface area contributed by atoms with E-state index in [0.717, 1.165) is 11.8 Å². The van der Waals surface area contributed by atoms with Crippen LogP contribution in [0.1, 0.15) is 77.2 Å². The first-order valence-electron chi connectivity index (χ1n) is 7.80. The first kappa shape index (κ1) is 15.3. The molecule has 101 valence electrons. The van der Waals surface area contributed by atoms with Gasteiger partial charge in [0.1, 0.15) is 0 Å². The van der Waals surface area contributed by atoms with Crippen LogP contribution in [0.5, 0.6) is 0 Å². The Bertz CT molecular complexity index is 288. The molecule has 0 nitrogen and oxygen atoms in total. The third-order valence-corrected chi connectivity index (χ3v) is 4.00. The van der Waals surface area contributed by atoms with Crippen molar-refractivity contribution < 1.29 is 0 Å². The van der Waals surface area contributed by atoms with Crippen LogP contribution in [0.25, 0.3) is 0 Å². The minimum Gasteiger partial charge on any atom is -0.0654 e. The molecule has 18 heavy (non-hydrogen) atoms. The summed E-state index contributed by atoms with van der Waals surface area (Å²) < 4.78 is 0. The van der Waals surface area contributed by atoms with E-state index in [2.05, 4.69) is 51.1 Å². The molecule has 0 aliphatic heterocycles. The van der Waals surface area contributed by atoms with Crippen LogP contribution < -0.4 is 0 Å². The summed E-state index contributed by atoms with van der Waals surface area (Å²) in [6.07, 6.45) is 9.34. The molecule has 1 radical (unpaired) electrons. The van der Waals surface area contributed by atoms with Gasteiger partial charge in [0.2, 0.25) is 0 Å². The van der Waals surface area contributed by atoms with Crippen molar-refractivity contribution in [2.75, 3.05) is 0 Å². The fourth-order valence-electron chi connectivity index (χ4n) is 2.96. The summed E-state index contributed by atoms with van der Waals surface area (Å²) in [5.74, 6) is 1.56. The molecule has 0 aromatic heterocycles. The molecule has 0 saturated heterocycles. The molecule has 0 spiro atoms. The Kier molecular flexibility index (Phi) is 7.80. The molecule has 0 amide bonds. The predicted octanol–water partition coefficient (Wildman–Crippen LogP) is 5.98. The third kappa shape index (κ3) is 4.84. The van der Waals surface area contributed by atoms with E-state index in [1.807, 2.05) is 0 Å². The predicted molar refractivity (Wildman–Crippen MR) is 80.9 cm³/mol. The lowest BCUT2D eigenvalue weighted by atomic mass is 9.78. The van der Waals surface area contributed by atoms with Gasteiger partial charge in [0.15, 0.2) is 0 Å².